The third-order valence-corrected chi connectivity index (χ3v) is 4.43. The van der Waals surface area contributed by atoms with E-state index in [1.165, 1.54) is 24.3 Å². The molecule has 1 atom stereocenters. The molecule has 1 unspecified atom stereocenters. The molecule has 0 aliphatic rings. The number of halogens is 4. The third-order valence-electron chi connectivity index (χ3n) is 2.99. The molecule has 0 N–H and O–H groups in total. The predicted molar refractivity (Wildman–Crippen MR) is 80.7 cm³/mol. The fourth-order valence-corrected chi connectivity index (χ4v) is 3.68. The van der Waals surface area contributed by atoms with Gasteiger partial charge in [0.15, 0.2) is 0 Å². The third kappa shape index (κ3) is 3.23. The molecule has 0 bridgehead atoms. The van der Waals surface area contributed by atoms with Gasteiger partial charge in [-0.25, -0.2) is 8.78 Å². The Morgan fingerprint density at radius 3 is 1.95 bits per heavy atom. The average molecular weight is 390 g/mol. The Labute approximate surface area is 128 Å². The minimum atomic E-state index is -0.300. The Hall–Kier alpha value is -0.740. The lowest BCUT2D eigenvalue weighted by Crippen LogP contribution is -2.01. The number of aryl methyl sites for hydroxylation is 2. The molecule has 0 nitrogen and oxygen atoms in total. The molecule has 19 heavy (non-hydrogen) atoms. The molecule has 0 spiro atoms. The predicted octanol–water partition coefficient (Wildman–Crippen LogP) is 5.83. The Bertz CT molecular complexity index is 580. The molecule has 0 radical (unpaired) electrons. The number of hydrogen-bond acceptors (Lipinski definition) is 0. The maximum absolute atomic E-state index is 13.5. The standard InChI is InChI=1S/C15H12Br2F2/c1-8-3-12(18)4-9(2)14(8)15(17)10-5-11(16)7-13(19)6-10/h3-7,15H,1-2H3. The van der Waals surface area contributed by atoms with Gasteiger partial charge in [-0.1, -0.05) is 31.9 Å². The van der Waals surface area contributed by atoms with Crippen LogP contribution in [0.15, 0.2) is 34.8 Å². The fourth-order valence-electron chi connectivity index (χ4n) is 2.21. The van der Waals surface area contributed by atoms with E-state index in [-0.39, 0.29) is 16.5 Å². The van der Waals surface area contributed by atoms with Crippen molar-refractivity contribution in [3.63, 3.8) is 0 Å². The summed E-state index contributed by atoms with van der Waals surface area (Å²) in [6.45, 7) is 3.71. The molecule has 0 aliphatic carbocycles. The maximum Gasteiger partial charge on any atom is 0.124 e. The van der Waals surface area contributed by atoms with Gasteiger partial charge in [-0.05, 0) is 66.4 Å². The zero-order valence-electron chi connectivity index (χ0n) is 10.5. The van der Waals surface area contributed by atoms with Gasteiger partial charge in [-0.3, -0.25) is 0 Å². The lowest BCUT2D eigenvalue weighted by atomic mass is 9.96. The quantitative estimate of drug-likeness (QED) is 0.567. The maximum atomic E-state index is 13.5. The van der Waals surface area contributed by atoms with E-state index >= 15 is 0 Å². The molecule has 2 rings (SSSR count). The number of benzene rings is 2. The summed E-state index contributed by atoms with van der Waals surface area (Å²) in [4.78, 5) is -0.167. The first kappa shape index (κ1) is 14.7. The van der Waals surface area contributed by atoms with E-state index in [0.29, 0.717) is 4.47 Å². The van der Waals surface area contributed by atoms with Crippen LogP contribution in [0.5, 0.6) is 0 Å². The topological polar surface area (TPSA) is 0 Å². The van der Waals surface area contributed by atoms with E-state index in [1.54, 1.807) is 0 Å². The Balaban J connectivity index is 2.52. The SMILES string of the molecule is Cc1cc(F)cc(C)c1C(Br)c1cc(F)cc(Br)c1. The lowest BCUT2D eigenvalue weighted by Gasteiger charge is -2.17. The molecule has 0 saturated heterocycles. The van der Waals surface area contributed by atoms with E-state index < -0.39 is 0 Å². The van der Waals surface area contributed by atoms with Crippen LogP contribution in [0, 0.1) is 25.5 Å². The van der Waals surface area contributed by atoms with E-state index in [0.717, 1.165) is 22.3 Å². The molecule has 0 amide bonds. The average Bonchev–Trinajstić information content (AvgIpc) is 2.25. The minimum Gasteiger partial charge on any atom is -0.207 e. The summed E-state index contributed by atoms with van der Waals surface area (Å²) in [6, 6.07) is 7.72. The van der Waals surface area contributed by atoms with Gasteiger partial charge in [0.25, 0.3) is 0 Å². The van der Waals surface area contributed by atoms with Crippen molar-refractivity contribution in [2.75, 3.05) is 0 Å². The summed E-state index contributed by atoms with van der Waals surface area (Å²) < 4.78 is 27.5. The Morgan fingerprint density at radius 2 is 1.42 bits per heavy atom. The summed E-state index contributed by atoms with van der Waals surface area (Å²) in [5.41, 5.74) is 3.46. The highest BCUT2D eigenvalue weighted by atomic mass is 79.9. The van der Waals surface area contributed by atoms with E-state index in [1.807, 2.05) is 19.9 Å². The molecule has 2 aromatic rings. The monoisotopic (exact) mass is 388 g/mol. The second-order valence-electron chi connectivity index (χ2n) is 4.52. The van der Waals surface area contributed by atoms with Crippen molar-refractivity contribution in [1.82, 2.24) is 0 Å². The minimum absolute atomic E-state index is 0.167. The molecule has 100 valence electrons. The highest BCUT2D eigenvalue weighted by Crippen LogP contribution is 2.36. The van der Waals surface area contributed by atoms with Crippen molar-refractivity contribution < 1.29 is 8.78 Å². The van der Waals surface area contributed by atoms with Gasteiger partial charge in [-0.15, -0.1) is 0 Å². The summed E-state index contributed by atoms with van der Waals surface area (Å²) in [6.07, 6.45) is 0. The van der Waals surface area contributed by atoms with Crippen molar-refractivity contribution in [1.29, 1.82) is 0 Å². The first-order valence-corrected chi connectivity index (χ1v) is 7.46. The second-order valence-corrected chi connectivity index (χ2v) is 6.35. The van der Waals surface area contributed by atoms with E-state index in [2.05, 4.69) is 31.9 Å². The van der Waals surface area contributed by atoms with Crippen molar-refractivity contribution >= 4 is 31.9 Å². The van der Waals surface area contributed by atoms with Gasteiger partial charge in [0.1, 0.15) is 11.6 Å². The number of alkyl halides is 1. The smallest absolute Gasteiger partial charge is 0.124 e. The van der Waals surface area contributed by atoms with Gasteiger partial charge in [-0.2, -0.15) is 0 Å². The summed E-state index contributed by atoms with van der Waals surface area (Å²) in [5.74, 6) is -0.551. The van der Waals surface area contributed by atoms with Crippen LogP contribution in [0.4, 0.5) is 8.78 Å². The van der Waals surface area contributed by atoms with Crippen LogP contribution >= 0.6 is 31.9 Å². The zero-order chi connectivity index (χ0) is 14.2. The van der Waals surface area contributed by atoms with E-state index in [9.17, 15) is 8.78 Å². The van der Waals surface area contributed by atoms with Crippen LogP contribution in [0.2, 0.25) is 0 Å². The summed E-state index contributed by atoms with van der Waals surface area (Å²) >= 11 is 6.86. The summed E-state index contributed by atoms with van der Waals surface area (Å²) in [5, 5.41) is 0. The fraction of sp³-hybridized carbons (Fsp3) is 0.200. The van der Waals surface area contributed by atoms with Crippen LogP contribution < -0.4 is 0 Å². The Kier molecular flexibility index (Phi) is 4.41. The molecular formula is C15H12Br2F2. The first-order valence-electron chi connectivity index (χ1n) is 5.75. The molecule has 2 aromatic carbocycles. The molecule has 0 heterocycles. The van der Waals surface area contributed by atoms with Crippen LogP contribution in [-0.2, 0) is 0 Å². The van der Waals surface area contributed by atoms with Gasteiger partial charge in [0.2, 0.25) is 0 Å². The highest BCUT2D eigenvalue weighted by molar-refractivity contribution is 9.10. The number of rotatable bonds is 2. The highest BCUT2D eigenvalue weighted by Gasteiger charge is 2.17. The largest absolute Gasteiger partial charge is 0.207 e. The molecule has 0 saturated carbocycles. The van der Waals surface area contributed by atoms with E-state index in [4.69, 9.17) is 0 Å². The van der Waals surface area contributed by atoms with Crippen LogP contribution in [0.25, 0.3) is 0 Å². The first-order chi connectivity index (χ1) is 8.88. The molecule has 0 aliphatic heterocycles. The van der Waals surface area contributed by atoms with Crippen molar-refractivity contribution in [3.05, 3.63) is 68.7 Å². The van der Waals surface area contributed by atoms with Crippen LogP contribution in [0.1, 0.15) is 27.1 Å². The van der Waals surface area contributed by atoms with Gasteiger partial charge >= 0.3 is 0 Å². The summed E-state index contributed by atoms with van der Waals surface area (Å²) in [7, 11) is 0. The normalized spacial score (nSPS) is 12.5. The van der Waals surface area contributed by atoms with Crippen molar-refractivity contribution in [3.8, 4) is 0 Å². The number of hydrogen-bond donors (Lipinski definition) is 0. The second kappa shape index (κ2) is 5.71. The molecular weight excluding hydrogens is 378 g/mol. The van der Waals surface area contributed by atoms with Crippen molar-refractivity contribution in [2.45, 2.75) is 18.7 Å². The van der Waals surface area contributed by atoms with Crippen molar-refractivity contribution in [2.24, 2.45) is 0 Å². The van der Waals surface area contributed by atoms with Crippen LogP contribution in [0.3, 0.4) is 0 Å². The van der Waals surface area contributed by atoms with Gasteiger partial charge in [0.05, 0.1) is 4.83 Å². The van der Waals surface area contributed by atoms with Gasteiger partial charge < -0.3 is 0 Å². The lowest BCUT2D eigenvalue weighted by molar-refractivity contribution is 0.622. The van der Waals surface area contributed by atoms with Crippen LogP contribution in [-0.4, -0.2) is 0 Å². The molecule has 0 aromatic heterocycles. The Morgan fingerprint density at radius 1 is 0.895 bits per heavy atom. The van der Waals surface area contributed by atoms with Gasteiger partial charge in [0, 0.05) is 4.47 Å². The zero-order valence-corrected chi connectivity index (χ0v) is 13.6. The molecule has 4 heteroatoms. The molecule has 0 fully saturated rings.